The second-order valence-electron chi connectivity index (χ2n) is 7.98. The summed E-state index contributed by atoms with van der Waals surface area (Å²) in [5.41, 5.74) is 2.58. The van der Waals surface area contributed by atoms with E-state index in [9.17, 15) is 9.59 Å². The second kappa shape index (κ2) is 10.1. The van der Waals surface area contributed by atoms with Crippen LogP contribution in [-0.2, 0) is 22.5 Å². The highest BCUT2D eigenvalue weighted by Gasteiger charge is 2.19. The number of morpholine rings is 1. The third-order valence-electron chi connectivity index (χ3n) is 5.88. The lowest BCUT2D eigenvalue weighted by atomic mass is 10.0. The number of nitrogens with zero attached hydrogens (tertiary/aromatic N) is 1. The smallest absolute Gasteiger partial charge is 0.340 e. The van der Waals surface area contributed by atoms with Gasteiger partial charge in [0, 0.05) is 30.7 Å². The van der Waals surface area contributed by atoms with Crippen LogP contribution in [0.15, 0.2) is 45.6 Å². The zero-order chi connectivity index (χ0) is 23.4. The summed E-state index contributed by atoms with van der Waals surface area (Å²) in [6, 6.07) is 11.3. The molecule has 4 rings (SSSR count). The lowest BCUT2D eigenvalue weighted by molar-refractivity contribution is -0.115. The molecule has 1 saturated heterocycles. The van der Waals surface area contributed by atoms with Crippen molar-refractivity contribution in [2.24, 2.45) is 0 Å². The summed E-state index contributed by atoms with van der Waals surface area (Å²) in [6.45, 7) is 6.01. The van der Waals surface area contributed by atoms with E-state index in [4.69, 9.17) is 18.6 Å². The van der Waals surface area contributed by atoms with Crippen LogP contribution in [0.25, 0.3) is 11.0 Å². The summed E-state index contributed by atoms with van der Waals surface area (Å²) >= 11 is 0. The molecule has 0 bridgehead atoms. The van der Waals surface area contributed by atoms with Gasteiger partial charge in [0.1, 0.15) is 0 Å². The fourth-order valence-corrected chi connectivity index (χ4v) is 4.05. The van der Waals surface area contributed by atoms with Crippen molar-refractivity contribution in [1.82, 2.24) is 4.90 Å². The molecule has 2 aromatic carbocycles. The van der Waals surface area contributed by atoms with E-state index in [1.54, 1.807) is 19.1 Å². The number of hydrogen-bond acceptors (Lipinski definition) is 7. The molecule has 1 aromatic heterocycles. The number of fused-ring (bicyclic) bond motifs is 1. The van der Waals surface area contributed by atoms with E-state index in [-0.39, 0.29) is 12.3 Å². The number of amides is 1. The molecule has 1 aliphatic rings. The Morgan fingerprint density at radius 3 is 2.45 bits per heavy atom. The van der Waals surface area contributed by atoms with Crippen LogP contribution in [0.2, 0.25) is 0 Å². The summed E-state index contributed by atoms with van der Waals surface area (Å²) in [6.07, 6.45) is -0.0893. The molecule has 0 atom stereocenters. The van der Waals surface area contributed by atoms with Gasteiger partial charge in [-0.05, 0) is 42.3 Å². The van der Waals surface area contributed by atoms with Crippen LogP contribution in [0.4, 0.5) is 5.69 Å². The molecule has 33 heavy (non-hydrogen) atoms. The first-order chi connectivity index (χ1) is 16.0. The van der Waals surface area contributed by atoms with Gasteiger partial charge in [-0.15, -0.1) is 0 Å². The van der Waals surface area contributed by atoms with Crippen molar-refractivity contribution >= 4 is 22.6 Å². The molecule has 1 fully saturated rings. The van der Waals surface area contributed by atoms with Gasteiger partial charge in [0.05, 0.1) is 39.4 Å². The zero-order valence-electron chi connectivity index (χ0n) is 19.1. The highest BCUT2D eigenvalue weighted by atomic mass is 16.5. The minimum absolute atomic E-state index is 0.0893. The number of methoxy groups -OCH3 is 2. The van der Waals surface area contributed by atoms with Crippen molar-refractivity contribution in [2.75, 3.05) is 45.8 Å². The first kappa shape index (κ1) is 22.8. The molecule has 2 heterocycles. The third kappa shape index (κ3) is 5.02. The SMILES string of the molecule is COc1ccc2c(C)c(CC(=O)Nc3ccc(CN4CCOCC4)cc3)c(=O)oc2c1OC. The van der Waals surface area contributed by atoms with Crippen LogP contribution in [0, 0.1) is 6.92 Å². The quantitative estimate of drug-likeness (QED) is 0.551. The number of hydrogen-bond donors (Lipinski definition) is 1. The number of benzene rings is 2. The monoisotopic (exact) mass is 452 g/mol. The summed E-state index contributed by atoms with van der Waals surface area (Å²) in [5.74, 6) is 0.532. The van der Waals surface area contributed by atoms with Gasteiger partial charge in [0.15, 0.2) is 11.3 Å². The molecule has 1 amide bonds. The lowest BCUT2D eigenvalue weighted by Gasteiger charge is -2.26. The first-order valence-corrected chi connectivity index (χ1v) is 10.9. The highest BCUT2D eigenvalue weighted by Crippen LogP contribution is 2.36. The summed E-state index contributed by atoms with van der Waals surface area (Å²) in [4.78, 5) is 27.7. The maximum Gasteiger partial charge on any atom is 0.340 e. The second-order valence-corrected chi connectivity index (χ2v) is 7.98. The number of rotatable bonds is 7. The van der Waals surface area contributed by atoms with E-state index in [0.717, 1.165) is 32.8 Å². The maximum absolute atomic E-state index is 12.7. The van der Waals surface area contributed by atoms with Gasteiger partial charge in [-0.1, -0.05) is 12.1 Å². The van der Waals surface area contributed by atoms with Crippen LogP contribution in [0.1, 0.15) is 16.7 Å². The van der Waals surface area contributed by atoms with Crippen LogP contribution in [0.5, 0.6) is 11.5 Å². The Bertz CT molecular complexity index is 1200. The number of ether oxygens (including phenoxy) is 3. The average molecular weight is 453 g/mol. The van der Waals surface area contributed by atoms with Crippen molar-refractivity contribution in [2.45, 2.75) is 19.9 Å². The van der Waals surface area contributed by atoms with Crippen molar-refractivity contribution in [3.63, 3.8) is 0 Å². The largest absolute Gasteiger partial charge is 0.493 e. The van der Waals surface area contributed by atoms with E-state index in [0.29, 0.717) is 39.3 Å². The first-order valence-electron chi connectivity index (χ1n) is 10.9. The molecule has 0 unspecified atom stereocenters. The fraction of sp³-hybridized carbons (Fsp3) is 0.360. The number of anilines is 1. The Morgan fingerprint density at radius 2 is 1.79 bits per heavy atom. The minimum Gasteiger partial charge on any atom is -0.493 e. The molecule has 174 valence electrons. The van der Waals surface area contributed by atoms with Gasteiger partial charge < -0.3 is 23.9 Å². The number of carbonyl (C=O) groups is 1. The van der Waals surface area contributed by atoms with Crippen LogP contribution in [-0.4, -0.2) is 51.3 Å². The Labute approximate surface area is 192 Å². The zero-order valence-corrected chi connectivity index (χ0v) is 19.1. The Balaban J connectivity index is 1.48. The van der Waals surface area contributed by atoms with Gasteiger partial charge in [0.2, 0.25) is 11.7 Å². The predicted octanol–water partition coefficient (Wildman–Crippen LogP) is 3.13. The molecule has 0 radical (unpaired) electrons. The molecule has 3 aromatic rings. The van der Waals surface area contributed by atoms with Crippen molar-refractivity contribution < 1.29 is 23.4 Å². The van der Waals surface area contributed by atoms with E-state index < -0.39 is 5.63 Å². The van der Waals surface area contributed by atoms with Gasteiger partial charge in [-0.25, -0.2) is 4.79 Å². The molecule has 0 saturated carbocycles. The van der Waals surface area contributed by atoms with Gasteiger partial charge in [-0.3, -0.25) is 9.69 Å². The van der Waals surface area contributed by atoms with Crippen molar-refractivity contribution in [1.29, 1.82) is 0 Å². The topological polar surface area (TPSA) is 90.2 Å². The number of carbonyl (C=O) groups excluding carboxylic acids is 1. The van der Waals surface area contributed by atoms with Crippen molar-refractivity contribution in [3.05, 3.63) is 63.5 Å². The Kier molecular flexibility index (Phi) is 6.96. The fourth-order valence-electron chi connectivity index (χ4n) is 4.05. The Morgan fingerprint density at radius 1 is 1.06 bits per heavy atom. The molecular formula is C25H28N2O6. The molecular weight excluding hydrogens is 424 g/mol. The third-order valence-corrected chi connectivity index (χ3v) is 5.88. The molecule has 1 N–H and O–H groups in total. The predicted molar refractivity (Wildman–Crippen MR) is 125 cm³/mol. The van der Waals surface area contributed by atoms with Gasteiger partial charge in [-0.2, -0.15) is 0 Å². The molecule has 0 aliphatic carbocycles. The summed E-state index contributed by atoms with van der Waals surface area (Å²) in [7, 11) is 3.00. The van der Waals surface area contributed by atoms with Crippen LogP contribution >= 0.6 is 0 Å². The number of nitrogens with one attached hydrogen (secondary N) is 1. The normalized spacial score (nSPS) is 14.3. The summed E-state index contributed by atoms with van der Waals surface area (Å²) in [5, 5.41) is 3.56. The van der Waals surface area contributed by atoms with E-state index in [1.807, 2.05) is 24.3 Å². The highest BCUT2D eigenvalue weighted by molar-refractivity contribution is 5.94. The van der Waals surface area contributed by atoms with Gasteiger partial charge in [0.25, 0.3) is 0 Å². The van der Waals surface area contributed by atoms with Crippen molar-refractivity contribution in [3.8, 4) is 11.5 Å². The lowest BCUT2D eigenvalue weighted by Crippen LogP contribution is -2.35. The molecule has 1 aliphatic heterocycles. The maximum atomic E-state index is 12.7. The van der Waals surface area contributed by atoms with Crippen LogP contribution < -0.4 is 20.4 Å². The van der Waals surface area contributed by atoms with E-state index in [2.05, 4.69) is 10.2 Å². The van der Waals surface area contributed by atoms with E-state index >= 15 is 0 Å². The van der Waals surface area contributed by atoms with E-state index in [1.165, 1.54) is 19.8 Å². The molecule has 8 heteroatoms. The molecule has 8 nitrogen and oxygen atoms in total. The summed E-state index contributed by atoms with van der Waals surface area (Å²) < 4.78 is 21.6. The van der Waals surface area contributed by atoms with Crippen LogP contribution in [0.3, 0.4) is 0 Å². The minimum atomic E-state index is -0.567. The molecule has 0 spiro atoms. The number of aryl methyl sites for hydroxylation is 1. The Hall–Kier alpha value is -3.36. The average Bonchev–Trinajstić information content (AvgIpc) is 2.83. The standard InChI is InChI=1S/C25H28N2O6/c1-16-19-8-9-21(30-2)24(31-3)23(19)33-25(29)20(16)14-22(28)26-18-6-4-17(5-7-18)15-27-10-12-32-13-11-27/h4-9H,10-15H2,1-3H3,(H,26,28). The van der Waals surface area contributed by atoms with Gasteiger partial charge >= 0.3 is 5.63 Å².